The molecule has 0 spiro atoms. The number of carbonyl (C=O) groups is 1. The number of hydrazine groups is 1. The van der Waals surface area contributed by atoms with Crippen LogP contribution in [0.25, 0.3) is 0 Å². The van der Waals surface area contributed by atoms with E-state index in [1.54, 1.807) is 12.1 Å². The van der Waals surface area contributed by atoms with Gasteiger partial charge in [-0.1, -0.05) is 0 Å². The zero-order chi connectivity index (χ0) is 12.8. The van der Waals surface area contributed by atoms with Crippen LogP contribution in [-0.2, 0) is 0 Å². The maximum Gasteiger partial charge on any atom is 0.252 e. The number of likely N-dealkylation sites (N-methyl/N-ethyl adjacent to an activating group) is 1. The van der Waals surface area contributed by atoms with Gasteiger partial charge in [0.25, 0.3) is 5.91 Å². The summed E-state index contributed by atoms with van der Waals surface area (Å²) in [5, 5.41) is 2.85. The lowest BCUT2D eigenvalue weighted by molar-refractivity contribution is 0.0943. The van der Waals surface area contributed by atoms with E-state index >= 15 is 0 Å². The van der Waals surface area contributed by atoms with Crippen molar-refractivity contribution >= 4 is 11.7 Å². The average molecular weight is 237 g/mol. The van der Waals surface area contributed by atoms with Crippen LogP contribution in [0.1, 0.15) is 17.3 Å². The maximum atomic E-state index is 11.8. The molecule has 1 amide bonds. The Bertz CT molecular complexity index is 363. The van der Waals surface area contributed by atoms with E-state index in [0.717, 1.165) is 0 Å². The van der Waals surface area contributed by atoms with Crippen molar-refractivity contribution in [3.63, 3.8) is 0 Å². The van der Waals surface area contributed by atoms with Gasteiger partial charge in [-0.25, -0.2) is 10.8 Å². The summed E-state index contributed by atoms with van der Waals surface area (Å²) in [7, 11) is 3.94. The summed E-state index contributed by atoms with van der Waals surface area (Å²) < 4.78 is 0. The first-order chi connectivity index (χ1) is 8.04. The van der Waals surface area contributed by atoms with Gasteiger partial charge < -0.3 is 15.6 Å². The number of nitrogens with zero attached hydrogens (tertiary/aromatic N) is 2. The van der Waals surface area contributed by atoms with Crippen LogP contribution < -0.4 is 16.6 Å². The van der Waals surface area contributed by atoms with Crippen LogP contribution in [0.15, 0.2) is 18.3 Å². The highest BCUT2D eigenvalue weighted by molar-refractivity contribution is 5.94. The van der Waals surface area contributed by atoms with Gasteiger partial charge in [-0.05, 0) is 33.2 Å². The molecule has 0 fully saturated rings. The minimum absolute atomic E-state index is 0.130. The van der Waals surface area contributed by atoms with Gasteiger partial charge in [0.1, 0.15) is 5.82 Å². The molecule has 0 saturated heterocycles. The van der Waals surface area contributed by atoms with E-state index in [0.29, 0.717) is 17.9 Å². The summed E-state index contributed by atoms with van der Waals surface area (Å²) in [5.74, 6) is 5.59. The number of hydrogen-bond acceptors (Lipinski definition) is 5. The second-order valence-corrected chi connectivity index (χ2v) is 4.10. The van der Waals surface area contributed by atoms with E-state index < -0.39 is 0 Å². The number of hydrogen-bond donors (Lipinski definition) is 3. The van der Waals surface area contributed by atoms with Crippen LogP contribution in [0.5, 0.6) is 0 Å². The Kier molecular flexibility index (Phi) is 4.86. The van der Waals surface area contributed by atoms with Crippen molar-refractivity contribution in [1.82, 2.24) is 15.2 Å². The van der Waals surface area contributed by atoms with Crippen molar-refractivity contribution in [2.45, 2.75) is 13.0 Å². The van der Waals surface area contributed by atoms with Gasteiger partial charge in [0, 0.05) is 18.8 Å². The van der Waals surface area contributed by atoms with Gasteiger partial charge in [0.2, 0.25) is 0 Å². The molecular formula is C11H19N5O. The molecule has 6 heteroatoms. The highest BCUT2D eigenvalue weighted by atomic mass is 16.1. The summed E-state index contributed by atoms with van der Waals surface area (Å²) in [4.78, 5) is 17.8. The van der Waals surface area contributed by atoms with E-state index in [1.165, 1.54) is 6.20 Å². The summed E-state index contributed by atoms with van der Waals surface area (Å²) in [6.45, 7) is 2.64. The number of anilines is 1. The molecule has 0 radical (unpaired) electrons. The second kappa shape index (κ2) is 6.17. The third-order valence-corrected chi connectivity index (χ3v) is 2.61. The molecule has 0 saturated carbocycles. The lowest BCUT2D eigenvalue weighted by atomic mass is 10.2. The van der Waals surface area contributed by atoms with Gasteiger partial charge in [0.15, 0.2) is 0 Å². The Morgan fingerprint density at radius 2 is 2.24 bits per heavy atom. The standard InChI is InChI=1S/C11H19N5O/c1-8(16(2)3)6-14-11(17)9-4-5-10(15-12)13-7-9/h4-5,7-8H,6,12H2,1-3H3,(H,13,15)(H,14,17). The van der Waals surface area contributed by atoms with Gasteiger partial charge in [-0.3, -0.25) is 4.79 Å². The molecule has 1 aromatic rings. The molecule has 0 aliphatic heterocycles. The van der Waals surface area contributed by atoms with Crippen LogP contribution in [0.2, 0.25) is 0 Å². The average Bonchev–Trinajstić information content (AvgIpc) is 2.35. The van der Waals surface area contributed by atoms with Gasteiger partial charge in [0.05, 0.1) is 5.56 Å². The third-order valence-electron chi connectivity index (χ3n) is 2.61. The molecule has 4 N–H and O–H groups in total. The second-order valence-electron chi connectivity index (χ2n) is 4.10. The van der Waals surface area contributed by atoms with E-state index in [2.05, 4.69) is 15.7 Å². The first-order valence-corrected chi connectivity index (χ1v) is 5.42. The fourth-order valence-electron chi connectivity index (χ4n) is 1.14. The van der Waals surface area contributed by atoms with Crippen LogP contribution in [0, 0.1) is 0 Å². The van der Waals surface area contributed by atoms with Gasteiger partial charge in [-0.15, -0.1) is 0 Å². The van der Waals surface area contributed by atoms with Gasteiger partial charge in [-0.2, -0.15) is 0 Å². The Morgan fingerprint density at radius 3 is 2.71 bits per heavy atom. The molecule has 1 aromatic heterocycles. The fourth-order valence-corrected chi connectivity index (χ4v) is 1.14. The minimum atomic E-state index is -0.130. The van der Waals surface area contributed by atoms with Crippen molar-refractivity contribution in [2.24, 2.45) is 5.84 Å². The number of amides is 1. The number of carbonyl (C=O) groups excluding carboxylic acids is 1. The quantitative estimate of drug-likeness (QED) is 0.498. The molecule has 94 valence electrons. The molecule has 1 unspecified atom stereocenters. The molecule has 6 nitrogen and oxygen atoms in total. The predicted octanol–water partition coefficient (Wildman–Crippen LogP) is 0.0471. The number of nitrogens with one attached hydrogen (secondary N) is 2. The Morgan fingerprint density at radius 1 is 1.53 bits per heavy atom. The topological polar surface area (TPSA) is 83.3 Å². The first-order valence-electron chi connectivity index (χ1n) is 5.42. The zero-order valence-corrected chi connectivity index (χ0v) is 10.4. The molecule has 1 rings (SSSR count). The van der Waals surface area contributed by atoms with Crippen LogP contribution in [0.4, 0.5) is 5.82 Å². The summed E-state index contributed by atoms with van der Waals surface area (Å²) in [5.41, 5.74) is 2.93. The van der Waals surface area contributed by atoms with Crippen LogP contribution >= 0.6 is 0 Å². The number of nitrogen functional groups attached to an aromatic ring is 1. The summed E-state index contributed by atoms with van der Waals surface area (Å²) >= 11 is 0. The third kappa shape index (κ3) is 4.01. The fraction of sp³-hybridized carbons (Fsp3) is 0.455. The molecular weight excluding hydrogens is 218 g/mol. The molecule has 17 heavy (non-hydrogen) atoms. The van der Waals surface area contributed by atoms with Crippen molar-refractivity contribution in [2.75, 3.05) is 26.1 Å². The molecule has 0 bridgehead atoms. The predicted molar refractivity (Wildman–Crippen MR) is 67.5 cm³/mol. The van der Waals surface area contributed by atoms with E-state index in [4.69, 9.17) is 5.84 Å². The number of pyridine rings is 1. The molecule has 0 aliphatic rings. The number of aromatic nitrogens is 1. The Hall–Kier alpha value is -1.66. The largest absolute Gasteiger partial charge is 0.350 e. The number of rotatable bonds is 5. The highest BCUT2D eigenvalue weighted by Crippen LogP contribution is 2.03. The minimum Gasteiger partial charge on any atom is -0.350 e. The lowest BCUT2D eigenvalue weighted by Crippen LogP contribution is -2.38. The van der Waals surface area contributed by atoms with Gasteiger partial charge >= 0.3 is 0 Å². The highest BCUT2D eigenvalue weighted by Gasteiger charge is 2.09. The van der Waals surface area contributed by atoms with Crippen molar-refractivity contribution in [3.05, 3.63) is 23.9 Å². The summed E-state index contributed by atoms with van der Waals surface area (Å²) in [6.07, 6.45) is 1.49. The van der Waals surface area contributed by atoms with E-state index in [9.17, 15) is 4.79 Å². The van der Waals surface area contributed by atoms with Crippen molar-refractivity contribution in [1.29, 1.82) is 0 Å². The Labute approximate surface area is 101 Å². The summed E-state index contributed by atoms with van der Waals surface area (Å²) in [6, 6.07) is 3.62. The maximum absolute atomic E-state index is 11.8. The zero-order valence-electron chi connectivity index (χ0n) is 10.4. The van der Waals surface area contributed by atoms with Crippen molar-refractivity contribution < 1.29 is 4.79 Å². The number of nitrogens with two attached hydrogens (primary N) is 1. The SMILES string of the molecule is CC(CNC(=O)c1ccc(NN)nc1)N(C)C. The monoisotopic (exact) mass is 237 g/mol. The molecule has 0 aliphatic carbocycles. The van der Waals surface area contributed by atoms with E-state index in [-0.39, 0.29) is 11.9 Å². The van der Waals surface area contributed by atoms with Crippen LogP contribution in [-0.4, -0.2) is 42.5 Å². The molecule has 0 aromatic carbocycles. The Balaban J connectivity index is 2.52. The van der Waals surface area contributed by atoms with E-state index in [1.807, 2.05) is 25.9 Å². The lowest BCUT2D eigenvalue weighted by Gasteiger charge is -2.19. The normalized spacial score (nSPS) is 12.3. The smallest absolute Gasteiger partial charge is 0.252 e. The van der Waals surface area contributed by atoms with Crippen molar-refractivity contribution in [3.8, 4) is 0 Å². The van der Waals surface area contributed by atoms with Crippen LogP contribution in [0.3, 0.4) is 0 Å². The molecule has 1 heterocycles. The molecule has 1 atom stereocenters. The first kappa shape index (κ1) is 13.4.